The summed E-state index contributed by atoms with van der Waals surface area (Å²) in [5.74, 6) is -5.71. The summed E-state index contributed by atoms with van der Waals surface area (Å²) in [6.07, 6.45) is 14.9. The molecule has 1 fully saturated rings. The van der Waals surface area contributed by atoms with Gasteiger partial charge in [0.05, 0.1) is 64.8 Å². The summed E-state index contributed by atoms with van der Waals surface area (Å²) in [5, 5.41) is 43.4. The molecule has 0 spiro atoms. The van der Waals surface area contributed by atoms with Crippen molar-refractivity contribution < 1.29 is 82.2 Å². The molecule has 1 heterocycles. The number of Topliss-reactive ketones (excluding diaryl/α,β-unsaturated/α-hetero) is 2. The third-order valence-corrected chi connectivity index (χ3v) is 13.8. The van der Waals surface area contributed by atoms with Crippen LogP contribution in [0.15, 0.2) is 0 Å². The van der Waals surface area contributed by atoms with Crippen molar-refractivity contribution in [1.82, 2.24) is 31.9 Å². The Morgan fingerprint density at radius 1 is 0.568 bits per heavy atom. The number of nitrogens with one attached hydrogen (secondary N) is 6. The van der Waals surface area contributed by atoms with E-state index in [4.69, 9.17) is 29.8 Å². The molecule has 74 heavy (non-hydrogen) atoms. The van der Waals surface area contributed by atoms with E-state index < -0.39 is 72.2 Å². The summed E-state index contributed by atoms with van der Waals surface area (Å²) in [6.45, 7) is -0.144. The fourth-order valence-corrected chi connectivity index (χ4v) is 9.59. The van der Waals surface area contributed by atoms with Crippen molar-refractivity contribution in [1.29, 1.82) is 0 Å². The zero-order chi connectivity index (χ0) is 54.6. The quantitative estimate of drug-likeness (QED) is 0.0303. The van der Waals surface area contributed by atoms with Crippen LogP contribution in [0.5, 0.6) is 0 Å². The molecule has 1 aliphatic heterocycles. The van der Waals surface area contributed by atoms with E-state index in [-0.39, 0.29) is 140 Å². The molecule has 0 unspecified atom stereocenters. The Morgan fingerprint density at radius 3 is 1.59 bits per heavy atom. The van der Waals surface area contributed by atoms with Crippen LogP contribution in [-0.4, -0.2) is 189 Å². The fourth-order valence-electron chi connectivity index (χ4n) is 7.16. The maximum absolute atomic E-state index is 13.0. The number of rotatable bonds is 47. The van der Waals surface area contributed by atoms with Gasteiger partial charge < -0.3 is 61.3 Å². The molecule has 1 rings (SSSR count). The maximum Gasteiger partial charge on any atom is 0.326 e. The molecule has 24 nitrogen and oxygen atoms in total. The summed E-state index contributed by atoms with van der Waals surface area (Å²) in [6, 6.07) is -3.90. The van der Waals surface area contributed by atoms with E-state index in [0.717, 1.165) is 51.4 Å². The largest absolute Gasteiger partial charge is 0.481 e. The molecule has 5 amide bonds. The first-order valence-corrected chi connectivity index (χ1v) is 28.2. The first-order chi connectivity index (χ1) is 35.6. The van der Waals surface area contributed by atoms with Gasteiger partial charge in [-0.25, -0.2) is 4.79 Å². The molecule has 1 saturated heterocycles. The minimum Gasteiger partial charge on any atom is -0.481 e. The monoisotopic (exact) mass is 1090 g/mol. The number of hydrogen-bond donors (Lipinski definition) is 10. The van der Waals surface area contributed by atoms with Crippen molar-refractivity contribution in [2.24, 2.45) is 5.73 Å². The Morgan fingerprint density at radius 2 is 1.05 bits per heavy atom. The number of carbonyl (C=O) groups is 10. The van der Waals surface area contributed by atoms with E-state index in [1.54, 1.807) is 0 Å². The average Bonchev–Trinajstić information content (AvgIpc) is 3.44. The number of aliphatic carboxylic acids is 3. The van der Waals surface area contributed by atoms with Crippen LogP contribution in [0, 0.1) is 0 Å². The summed E-state index contributed by atoms with van der Waals surface area (Å²) >= 11 is 0. The fraction of sp³-hybridized carbons (Fsp3) is 0.792. The topological polar surface area (TPSA) is 367 Å². The highest BCUT2D eigenvalue weighted by Crippen LogP contribution is 2.24. The van der Waals surface area contributed by atoms with Crippen LogP contribution >= 0.6 is 21.6 Å². The van der Waals surface area contributed by atoms with E-state index >= 15 is 0 Å². The Labute approximate surface area is 442 Å². The van der Waals surface area contributed by atoms with Crippen molar-refractivity contribution in [3.05, 3.63) is 0 Å². The predicted octanol–water partition coefficient (Wildman–Crippen LogP) is 1.25. The number of primary amides is 1. The van der Waals surface area contributed by atoms with Gasteiger partial charge in [0.1, 0.15) is 25.3 Å². The molecule has 0 bridgehead atoms. The van der Waals surface area contributed by atoms with E-state index in [9.17, 15) is 58.2 Å². The van der Waals surface area contributed by atoms with Crippen LogP contribution in [0.3, 0.4) is 0 Å². The molecule has 0 aromatic rings. The Bertz CT molecular complexity index is 1680. The molecular weight excluding hydrogens is 1010 g/mol. The standard InChI is InChI=1S/C48H83N7O17S2/c49-41(58)19-17-35(39(56)29-52-37-33-73-74-34-38(48(67)68)53-30-40(37)57)54-45(62)32-72-28-26-70-24-22-51-44(61)31-71-27-25-69-23-21-50-42(59)20-18-36(47(65)66)55-43(60)15-13-11-9-7-5-3-1-2-4-6-8-10-12-14-16-46(63)64/h35-38,52-53H,1-34H2,(H2,49,58)(H,50,59)(H,51,61)(H,54,62)(H,55,60)(H,63,64)(H,65,66)(H,67,68)/t35-,36-,37-,38-/m0/s1. The third kappa shape index (κ3) is 39.0. The van der Waals surface area contributed by atoms with Gasteiger partial charge in [-0.05, 0) is 25.7 Å². The van der Waals surface area contributed by atoms with E-state index in [1.807, 2.05) is 0 Å². The number of carbonyl (C=O) groups excluding carboxylic acids is 7. The third-order valence-electron chi connectivity index (χ3n) is 11.4. The van der Waals surface area contributed by atoms with Crippen molar-refractivity contribution >= 4 is 80.6 Å². The van der Waals surface area contributed by atoms with Crippen LogP contribution in [0.4, 0.5) is 0 Å². The van der Waals surface area contributed by atoms with Gasteiger partial charge in [0.25, 0.3) is 0 Å². The lowest BCUT2D eigenvalue weighted by molar-refractivity contribution is -0.142. The van der Waals surface area contributed by atoms with Crippen LogP contribution in [0.25, 0.3) is 0 Å². The number of amides is 5. The van der Waals surface area contributed by atoms with Crippen molar-refractivity contribution in [2.75, 3.05) is 90.5 Å². The Balaban J connectivity index is 2.07. The van der Waals surface area contributed by atoms with Crippen molar-refractivity contribution in [3.63, 3.8) is 0 Å². The highest BCUT2D eigenvalue weighted by molar-refractivity contribution is 8.76. The SMILES string of the molecule is NC(=O)CC[C@H](NC(=O)COCCOCCNC(=O)COCCOCCNC(=O)CC[C@H](NC(=O)CCCCCCCCCCCCCCCCC(=O)O)C(=O)O)C(=O)CN[C@H]1CSSC[C@@H](C(=O)O)NCC1=O. The lowest BCUT2D eigenvalue weighted by atomic mass is 10.0. The normalized spacial score (nSPS) is 15.6. The van der Waals surface area contributed by atoms with E-state index in [2.05, 4.69) is 31.9 Å². The second-order valence-electron chi connectivity index (χ2n) is 17.7. The van der Waals surface area contributed by atoms with Crippen molar-refractivity contribution in [3.8, 4) is 0 Å². The number of unbranched alkanes of at least 4 members (excludes halogenated alkanes) is 13. The molecule has 0 aromatic carbocycles. The van der Waals surface area contributed by atoms with Gasteiger partial charge in [-0.1, -0.05) is 98.6 Å². The smallest absolute Gasteiger partial charge is 0.326 e. The summed E-state index contributed by atoms with van der Waals surface area (Å²) in [7, 11) is 2.58. The first-order valence-electron chi connectivity index (χ1n) is 25.7. The summed E-state index contributed by atoms with van der Waals surface area (Å²) in [4.78, 5) is 120. The second-order valence-corrected chi connectivity index (χ2v) is 20.3. The molecule has 424 valence electrons. The van der Waals surface area contributed by atoms with Crippen molar-refractivity contribution in [2.45, 2.75) is 153 Å². The number of carboxylic acid groups (broad SMARTS) is 3. The number of carboxylic acids is 3. The summed E-state index contributed by atoms with van der Waals surface area (Å²) < 4.78 is 21.4. The predicted molar refractivity (Wildman–Crippen MR) is 276 cm³/mol. The Hall–Kier alpha value is -4.44. The van der Waals surface area contributed by atoms with Crippen LogP contribution in [0.2, 0.25) is 0 Å². The lowest BCUT2D eigenvalue weighted by Crippen LogP contribution is -2.51. The molecule has 4 atom stereocenters. The lowest BCUT2D eigenvalue weighted by Gasteiger charge is -2.20. The number of hydrogen-bond acceptors (Lipinski definition) is 18. The number of ketones is 2. The van der Waals surface area contributed by atoms with Crippen LogP contribution < -0.4 is 37.6 Å². The van der Waals surface area contributed by atoms with Gasteiger partial charge in [0.2, 0.25) is 29.5 Å². The van der Waals surface area contributed by atoms with Gasteiger partial charge in [0.15, 0.2) is 11.6 Å². The van der Waals surface area contributed by atoms with Gasteiger partial charge >= 0.3 is 17.9 Å². The van der Waals surface area contributed by atoms with Crippen LogP contribution in [-0.2, 0) is 66.9 Å². The molecule has 1 aliphatic rings. The molecule has 0 saturated carbocycles. The van der Waals surface area contributed by atoms with Gasteiger partial charge in [-0.3, -0.25) is 53.8 Å². The molecule has 0 radical (unpaired) electrons. The molecule has 0 aromatic heterocycles. The Kier molecular flexibility index (Phi) is 40.9. The zero-order valence-corrected chi connectivity index (χ0v) is 44.4. The molecular formula is C48H83N7O17S2. The molecule has 0 aliphatic carbocycles. The van der Waals surface area contributed by atoms with Gasteiger partial charge in [0, 0.05) is 50.3 Å². The average molecular weight is 1090 g/mol. The highest BCUT2D eigenvalue weighted by atomic mass is 33.1. The second kappa shape index (κ2) is 44.8. The van der Waals surface area contributed by atoms with Crippen LogP contribution in [0.1, 0.15) is 128 Å². The molecule has 11 N–H and O–H groups in total. The first kappa shape index (κ1) is 67.6. The molecule has 26 heteroatoms. The minimum absolute atomic E-state index is 0.0178. The summed E-state index contributed by atoms with van der Waals surface area (Å²) in [5.41, 5.74) is 5.25. The number of ether oxygens (including phenoxy) is 4. The minimum atomic E-state index is -1.21. The van der Waals surface area contributed by atoms with E-state index in [1.165, 1.54) is 53.7 Å². The zero-order valence-electron chi connectivity index (χ0n) is 42.8. The van der Waals surface area contributed by atoms with Gasteiger partial charge in [-0.15, -0.1) is 0 Å². The maximum atomic E-state index is 13.0. The van der Waals surface area contributed by atoms with Gasteiger partial charge in [-0.2, -0.15) is 0 Å². The number of nitrogens with two attached hydrogens (primary N) is 1. The highest BCUT2D eigenvalue weighted by Gasteiger charge is 2.28. The van der Waals surface area contributed by atoms with E-state index in [0.29, 0.717) is 6.42 Å².